The van der Waals surface area contributed by atoms with E-state index in [1.54, 1.807) is 11.3 Å². The molecule has 4 heteroatoms. The molecule has 0 spiro atoms. The Labute approximate surface area is 133 Å². The van der Waals surface area contributed by atoms with Crippen molar-refractivity contribution >= 4 is 26.1 Å². The van der Waals surface area contributed by atoms with Crippen LogP contribution in [0.2, 0.25) is 13.1 Å². The molecule has 112 valence electrons. The van der Waals surface area contributed by atoms with Gasteiger partial charge in [0.05, 0.1) is 6.04 Å². The highest BCUT2D eigenvalue weighted by Crippen LogP contribution is 2.29. The SMILES string of the molecule is CC(=NC(C)c1ccccc1O[SiH](C)C)c1ccc(C)s1. The summed E-state index contributed by atoms with van der Waals surface area (Å²) in [5, 5.41) is 0. The molecule has 1 unspecified atom stereocenters. The van der Waals surface area contributed by atoms with E-state index in [4.69, 9.17) is 9.42 Å². The number of thiophene rings is 1. The third kappa shape index (κ3) is 4.28. The number of hydrogen-bond acceptors (Lipinski definition) is 3. The number of aryl methyl sites for hydroxylation is 1. The minimum atomic E-state index is -1.10. The molecule has 21 heavy (non-hydrogen) atoms. The third-order valence-electron chi connectivity index (χ3n) is 3.22. The Kier molecular flexibility index (Phi) is 5.37. The van der Waals surface area contributed by atoms with E-state index in [2.05, 4.69) is 64.2 Å². The van der Waals surface area contributed by atoms with Crippen LogP contribution in [0.15, 0.2) is 41.4 Å². The molecule has 0 radical (unpaired) electrons. The van der Waals surface area contributed by atoms with Gasteiger partial charge in [-0.3, -0.25) is 4.99 Å². The maximum Gasteiger partial charge on any atom is 0.229 e. The first kappa shape index (κ1) is 16.0. The van der Waals surface area contributed by atoms with Gasteiger partial charge in [-0.15, -0.1) is 11.3 Å². The van der Waals surface area contributed by atoms with Gasteiger partial charge in [0.15, 0.2) is 0 Å². The van der Waals surface area contributed by atoms with Crippen molar-refractivity contribution in [3.63, 3.8) is 0 Å². The smallest absolute Gasteiger partial charge is 0.229 e. The largest absolute Gasteiger partial charge is 0.547 e. The summed E-state index contributed by atoms with van der Waals surface area (Å²) in [7, 11) is -1.10. The highest BCUT2D eigenvalue weighted by Gasteiger charge is 2.12. The molecule has 0 amide bonds. The van der Waals surface area contributed by atoms with E-state index >= 15 is 0 Å². The lowest BCUT2D eigenvalue weighted by Crippen LogP contribution is -2.13. The monoisotopic (exact) mass is 317 g/mol. The fourth-order valence-corrected chi connectivity index (χ4v) is 3.78. The second-order valence-corrected chi connectivity index (χ2v) is 9.13. The van der Waals surface area contributed by atoms with Crippen LogP contribution in [0.4, 0.5) is 0 Å². The summed E-state index contributed by atoms with van der Waals surface area (Å²) in [5.74, 6) is 0.991. The molecule has 0 aliphatic carbocycles. The molecule has 0 aliphatic heterocycles. The fraction of sp³-hybridized carbons (Fsp3) is 0.353. The lowest BCUT2D eigenvalue weighted by Gasteiger charge is -2.17. The molecule has 0 bridgehead atoms. The zero-order chi connectivity index (χ0) is 15.4. The van der Waals surface area contributed by atoms with Crippen molar-refractivity contribution in [3.8, 4) is 5.75 Å². The Balaban J connectivity index is 2.25. The fourth-order valence-electron chi connectivity index (χ4n) is 2.24. The van der Waals surface area contributed by atoms with Gasteiger partial charge in [0.2, 0.25) is 9.04 Å². The normalized spacial score (nSPS) is 13.5. The van der Waals surface area contributed by atoms with Gasteiger partial charge in [-0.25, -0.2) is 0 Å². The van der Waals surface area contributed by atoms with Gasteiger partial charge in [-0.1, -0.05) is 18.2 Å². The standard InChI is InChI=1S/C17H23NOSSi/c1-12-10-11-17(20-12)14(3)18-13(2)15-8-6-7-9-16(15)19-21(4)5/h6-11,13,21H,1-5H3. The average Bonchev–Trinajstić information content (AvgIpc) is 2.85. The van der Waals surface area contributed by atoms with E-state index in [1.807, 2.05) is 6.07 Å². The van der Waals surface area contributed by atoms with Gasteiger partial charge in [0.1, 0.15) is 5.75 Å². The summed E-state index contributed by atoms with van der Waals surface area (Å²) in [6.07, 6.45) is 0. The second kappa shape index (κ2) is 7.05. The van der Waals surface area contributed by atoms with E-state index in [0.29, 0.717) is 0 Å². The second-order valence-electron chi connectivity index (χ2n) is 5.51. The first-order chi connectivity index (χ1) is 9.97. The molecule has 2 nitrogen and oxygen atoms in total. The Bertz CT molecular complexity index is 633. The van der Waals surface area contributed by atoms with Gasteiger partial charge < -0.3 is 4.43 Å². The van der Waals surface area contributed by atoms with Crippen LogP contribution in [0, 0.1) is 6.92 Å². The zero-order valence-corrected chi connectivity index (χ0v) is 15.4. The summed E-state index contributed by atoms with van der Waals surface area (Å²) < 4.78 is 6.03. The summed E-state index contributed by atoms with van der Waals surface area (Å²) >= 11 is 1.79. The van der Waals surface area contributed by atoms with Crippen molar-refractivity contribution in [1.82, 2.24) is 0 Å². The zero-order valence-electron chi connectivity index (χ0n) is 13.4. The van der Waals surface area contributed by atoms with E-state index in [-0.39, 0.29) is 6.04 Å². The van der Waals surface area contributed by atoms with E-state index in [1.165, 1.54) is 15.3 Å². The quantitative estimate of drug-likeness (QED) is 0.562. The first-order valence-electron chi connectivity index (χ1n) is 7.34. The Morgan fingerprint density at radius 1 is 1.19 bits per heavy atom. The summed E-state index contributed by atoms with van der Waals surface area (Å²) in [6, 6.07) is 12.7. The number of para-hydroxylation sites is 1. The molecular weight excluding hydrogens is 294 g/mol. The highest BCUT2D eigenvalue weighted by molar-refractivity contribution is 7.14. The van der Waals surface area contributed by atoms with Crippen LogP contribution in [0.5, 0.6) is 5.75 Å². The van der Waals surface area contributed by atoms with Crippen molar-refractivity contribution < 1.29 is 4.43 Å². The van der Waals surface area contributed by atoms with Crippen LogP contribution in [0.25, 0.3) is 0 Å². The van der Waals surface area contributed by atoms with Crippen molar-refractivity contribution in [3.05, 3.63) is 51.7 Å². The van der Waals surface area contributed by atoms with Gasteiger partial charge >= 0.3 is 0 Å². The summed E-state index contributed by atoms with van der Waals surface area (Å²) in [5.41, 5.74) is 2.27. The predicted octanol–water partition coefficient (Wildman–Crippen LogP) is 4.99. The van der Waals surface area contributed by atoms with Crippen molar-refractivity contribution in [2.45, 2.75) is 39.9 Å². The lowest BCUT2D eigenvalue weighted by atomic mass is 10.1. The molecule has 0 saturated carbocycles. The van der Waals surface area contributed by atoms with Crippen LogP contribution in [-0.2, 0) is 0 Å². The van der Waals surface area contributed by atoms with E-state index in [9.17, 15) is 0 Å². The molecule has 1 aromatic carbocycles. The van der Waals surface area contributed by atoms with Crippen LogP contribution in [0.1, 0.15) is 35.2 Å². The minimum Gasteiger partial charge on any atom is -0.547 e. The van der Waals surface area contributed by atoms with Gasteiger partial charge in [0.25, 0.3) is 0 Å². The maximum atomic E-state index is 6.03. The third-order valence-corrected chi connectivity index (χ3v) is 5.05. The molecule has 1 aromatic heterocycles. The highest BCUT2D eigenvalue weighted by atomic mass is 32.1. The minimum absolute atomic E-state index is 0.108. The molecule has 2 rings (SSSR count). The van der Waals surface area contributed by atoms with Crippen LogP contribution >= 0.6 is 11.3 Å². The van der Waals surface area contributed by atoms with Crippen LogP contribution in [0.3, 0.4) is 0 Å². The molecule has 0 saturated heterocycles. The lowest BCUT2D eigenvalue weighted by molar-refractivity contribution is 0.563. The summed E-state index contributed by atoms with van der Waals surface area (Å²) in [6.45, 7) is 10.7. The van der Waals surface area contributed by atoms with Crippen LogP contribution < -0.4 is 4.43 Å². The molecular formula is C17H23NOSSi. The maximum absolute atomic E-state index is 6.03. The number of rotatable bonds is 5. The Hall–Kier alpha value is -1.39. The topological polar surface area (TPSA) is 21.6 Å². The summed E-state index contributed by atoms with van der Waals surface area (Å²) in [4.78, 5) is 7.43. The Morgan fingerprint density at radius 2 is 1.90 bits per heavy atom. The van der Waals surface area contributed by atoms with Crippen molar-refractivity contribution in [1.29, 1.82) is 0 Å². The number of aliphatic imine (C=N–C) groups is 1. The van der Waals surface area contributed by atoms with Gasteiger partial charge in [-0.2, -0.15) is 0 Å². The molecule has 0 aliphatic rings. The Morgan fingerprint density at radius 3 is 2.52 bits per heavy atom. The number of benzene rings is 1. The van der Waals surface area contributed by atoms with Crippen LogP contribution in [-0.4, -0.2) is 14.8 Å². The van der Waals surface area contributed by atoms with E-state index < -0.39 is 9.04 Å². The van der Waals surface area contributed by atoms with Crippen molar-refractivity contribution in [2.75, 3.05) is 0 Å². The number of hydrogen-bond donors (Lipinski definition) is 0. The molecule has 1 heterocycles. The van der Waals surface area contributed by atoms with Gasteiger partial charge in [0, 0.05) is 21.0 Å². The first-order valence-corrected chi connectivity index (χ1v) is 10.9. The molecule has 0 fully saturated rings. The molecule has 2 aromatic rings. The number of nitrogens with zero attached hydrogens (tertiary/aromatic N) is 1. The van der Waals surface area contributed by atoms with Gasteiger partial charge in [-0.05, 0) is 52.1 Å². The predicted molar refractivity (Wildman–Crippen MR) is 95.6 cm³/mol. The molecule has 0 N–H and O–H groups in total. The van der Waals surface area contributed by atoms with Crippen molar-refractivity contribution in [2.24, 2.45) is 4.99 Å². The van der Waals surface area contributed by atoms with E-state index in [0.717, 1.165) is 11.5 Å². The average molecular weight is 318 g/mol. The molecule has 1 atom stereocenters.